The van der Waals surface area contributed by atoms with Crippen molar-refractivity contribution in [1.82, 2.24) is 15.5 Å². The number of amides is 1. The third-order valence-electron chi connectivity index (χ3n) is 6.03. The van der Waals surface area contributed by atoms with Crippen LogP contribution in [0.2, 0.25) is 0 Å². The van der Waals surface area contributed by atoms with E-state index in [2.05, 4.69) is 57.8 Å². The maximum Gasteiger partial charge on any atom is 0.255 e. The van der Waals surface area contributed by atoms with Gasteiger partial charge in [-0.1, -0.05) is 41.6 Å². The SMILES string of the molecule is O=C(NCc1ccon1)c1ccc(-c2cccc3c2sc2ccccc23)nc1N1CCOCC1. The molecule has 1 N–H and O–H groups in total. The lowest BCUT2D eigenvalue weighted by Crippen LogP contribution is -2.38. The third-order valence-corrected chi connectivity index (χ3v) is 7.25. The number of nitrogens with zero attached hydrogens (tertiary/aromatic N) is 3. The van der Waals surface area contributed by atoms with E-state index in [1.54, 1.807) is 17.4 Å². The van der Waals surface area contributed by atoms with Crippen LogP contribution in [0.25, 0.3) is 31.4 Å². The lowest BCUT2D eigenvalue weighted by molar-refractivity contribution is 0.0948. The maximum atomic E-state index is 13.1. The Labute approximate surface area is 200 Å². The summed E-state index contributed by atoms with van der Waals surface area (Å²) in [4.78, 5) is 20.3. The van der Waals surface area contributed by atoms with Gasteiger partial charge in [0.25, 0.3) is 5.91 Å². The fraction of sp³-hybridized carbons (Fsp3) is 0.192. The number of hydrogen-bond acceptors (Lipinski definition) is 7. The number of carbonyl (C=O) groups excluding carboxylic acids is 1. The van der Waals surface area contributed by atoms with Gasteiger partial charge in [0, 0.05) is 44.9 Å². The number of aromatic nitrogens is 2. The van der Waals surface area contributed by atoms with Crippen molar-refractivity contribution in [2.24, 2.45) is 0 Å². The summed E-state index contributed by atoms with van der Waals surface area (Å²) in [7, 11) is 0. The third kappa shape index (κ3) is 3.81. The largest absolute Gasteiger partial charge is 0.378 e. The van der Waals surface area contributed by atoms with E-state index in [1.807, 2.05) is 12.1 Å². The van der Waals surface area contributed by atoms with Crippen molar-refractivity contribution in [2.45, 2.75) is 6.54 Å². The molecule has 34 heavy (non-hydrogen) atoms. The highest BCUT2D eigenvalue weighted by Gasteiger charge is 2.22. The summed E-state index contributed by atoms with van der Waals surface area (Å²) in [5.74, 6) is 0.486. The molecule has 1 aliphatic heterocycles. The first-order chi connectivity index (χ1) is 16.8. The summed E-state index contributed by atoms with van der Waals surface area (Å²) in [6.45, 7) is 2.89. The number of rotatable bonds is 5. The highest BCUT2D eigenvalue weighted by Crippen LogP contribution is 2.39. The Hall–Kier alpha value is -3.75. The van der Waals surface area contributed by atoms with Crippen LogP contribution in [0.1, 0.15) is 16.1 Å². The molecule has 0 saturated carbocycles. The molecule has 0 atom stereocenters. The average Bonchev–Trinajstić information content (AvgIpc) is 3.55. The van der Waals surface area contributed by atoms with Gasteiger partial charge in [0.05, 0.1) is 31.0 Å². The number of benzene rings is 2. The number of morpholine rings is 1. The summed E-state index contributed by atoms with van der Waals surface area (Å²) >= 11 is 1.77. The number of nitrogens with one attached hydrogen (secondary N) is 1. The number of carbonyl (C=O) groups is 1. The van der Waals surface area contributed by atoms with Crippen LogP contribution in [-0.4, -0.2) is 42.4 Å². The van der Waals surface area contributed by atoms with Crippen LogP contribution in [0.5, 0.6) is 0 Å². The van der Waals surface area contributed by atoms with E-state index in [9.17, 15) is 4.79 Å². The van der Waals surface area contributed by atoms with Crippen LogP contribution in [-0.2, 0) is 11.3 Å². The number of hydrogen-bond donors (Lipinski definition) is 1. The van der Waals surface area contributed by atoms with Gasteiger partial charge < -0.3 is 19.5 Å². The second kappa shape index (κ2) is 8.89. The average molecular weight is 471 g/mol. The van der Waals surface area contributed by atoms with Crippen molar-refractivity contribution in [3.8, 4) is 11.3 Å². The monoisotopic (exact) mass is 470 g/mol. The van der Waals surface area contributed by atoms with Crippen molar-refractivity contribution in [3.05, 3.63) is 78.2 Å². The van der Waals surface area contributed by atoms with E-state index in [-0.39, 0.29) is 5.91 Å². The molecule has 5 aromatic rings. The molecule has 4 heterocycles. The zero-order valence-corrected chi connectivity index (χ0v) is 19.2. The molecule has 0 radical (unpaired) electrons. The quantitative estimate of drug-likeness (QED) is 0.395. The highest BCUT2D eigenvalue weighted by molar-refractivity contribution is 7.26. The van der Waals surface area contributed by atoms with Gasteiger partial charge in [0.1, 0.15) is 17.8 Å². The predicted octanol–water partition coefficient (Wildman–Crippen LogP) is 4.87. The van der Waals surface area contributed by atoms with Gasteiger partial charge in [-0.3, -0.25) is 4.79 Å². The van der Waals surface area contributed by atoms with Crippen molar-refractivity contribution in [2.75, 3.05) is 31.2 Å². The number of fused-ring (bicyclic) bond motifs is 3. The molecule has 1 amide bonds. The van der Waals surface area contributed by atoms with Gasteiger partial charge in [-0.2, -0.15) is 0 Å². The van der Waals surface area contributed by atoms with E-state index in [0.717, 1.165) is 11.3 Å². The highest BCUT2D eigenvalue weighted by atomic mass is 32.1. The summed E-state index contributed by atoms with van der Waals surface area (Å²) in [5.41, 5.74) is 3.13. The minimum Gasteiger partial charge on any atom is -0.378 e. The van der Waals surface area contributed by atoms with Crippen LogP contribution in [0.3, 0.4) is 0 Å². The van der Waals surface area contributed by atoms with Gasteiger partial charge in [0.2, 0.25) is 0 Å². The van der Waals surface area contributed by atoms with Crippen molar-refractivity contribution in [1.29, 1.82) is 0 Å². The van der Waals surface area contributed by atoms with Gasteiger partial charge in [0.15, 0.2) is 0 Å². The smallest absolute Gasteiger partial charge is 0.255 e. The molecule has 170 valence electrons. The first-order valence-corrected chi connectivity index (χ1v) is 12.0. The molecular formula is C26H22N4O3S. The zero-order chi connectivity index (χ0) is 22.9. The van der Waals surface area contributed by atoms with Crippen molar-refractivity contribution < 1.29 is 14.1 Å². The number of pyridine rings is 1. The molecule has 2 aromatic carbocycles. The molecule has 0 aliphatic carbocycles. The minimum absolute atomic E-state index is 0.191. The molecule has 1 saturated heterocycles. The Balaban J connectivity index is 1.42. The summed E-state index contributed by atoms with van der Waals surface area (Å²) in [5, 5.41) is 9.27. The van der Waals surface area contributed by atoms with Crippen molar-refractivity contribution in [3.63, 3.8) is 0 Å². The first kappa shape index (κ1) is 20.8. The molecule has 0 unspecified atom stereocenters. The Bertz CT molecular complexity index is 1470. The summed E-state index contributed by atoms with van der Waals surface area (Å²) in [6, 6.07) is 20.3. The molecule has 8 heteroatoms. The van der Waals surface area contributed by atoms with E-state index in [1.165, 1.54) is 26.4 Å². The number of ether oxygens (including phenoxy) is 1. The first-order valence-electron chi connectivity index (χ1n) is 11.2. The zero-order valence-electron chi connectivity index (χ0n) is 18.4. The minimum atomic E-state index is -0.191. The Kier molecular flexibility index (Phi) is 5.44. The topological polar surface area (TPSA) is 80.5 Å². The van der Waals surface area contributed by atoms with Crippen molar-refractivity contribution >= 4 is 43.2 Å². The number of anilines is 1. The fourth-order valence-electron chi connectivity index (χ4n) is 4.34. The Morgan fingerprint density at radius 1 is 1.00 bits per heavy atom. The predicted molar refractivity (Wildman–Crippen MR) is 133 cm³/mol. The Morgan fingerprint density at radius 2 is 1.85 bits per heavy atom. The summed E-state index contributed by atoms with van der Waals surface area (Å²) in [6.07, 6.45) is 1.49. The lowest BCUT2D eigenvalue weighted by atomic mass is 10.1. The van der Waals surface area contributed by atoms with E-state index < -0.39 is 0 Å². The second-order valence-corrected chi connectivity index (χ2v) is 9.17. The lowest BCUT2D eigenvalue weighted by Gasteiger charge is -2.29. The van der Waals surface area contributed by atoms with E-state index in [0.29, 0.717) is 49.9 Å². The van der Waals surface area contributed by atoms with Crippen LogP contribution in [0.4, 0.5) is 5.82 Å². The van der Waals surface area contributed by atoms with Crippen LogP contribution < -0.4 is 10.2 Å². The van der Waals surface area contributed by atoms with Gasteiger partial charge >= 0.3 is 0 Å². The van der Waals surface area contributed by atoms with Crippen LogP contribution in [0, 0.1) is 0 Å². The van der Waals surface area contributed by atoms with Crippen LogP contribution in [0.15, 0.2) is 71.4 Å². The fourth-order valence-corrected chi connectivity index (χ4v) is 5.56. The molecule has 3 aromatic heterocycles. The Morgan fingerprint density at radius 3 is 2.71 bits per heavy atom. The molecule has 1 aliphatic rings. The molecular weight excluding hydrogens is 448 g/mol. The summed E-state index contributed by atoms with van der Waals surface area (Å²) < 4.78 is 12.8. The van der Waals surface area contributed by atoms with Gasteiger partial charge in [-0.25, -0.2) is 4.98 Å². The molecule has 0 spiro atoms. The van der Waals surface area contributed by atoms with Crippen LogP contribution >= 0.6 is 11.3 Å². The van der Waals surface area contributed by atoms with Gasteiger partial charge in [-0.15, -0.1) is 11.3 Å². The normalized spacial score (nSPS) is 14.1. The second-order valence-electron chi connectivity index (χ2n) is 8.12. The molecule has 6 rings (SSSR count). The van der Waals surface area contributed by atoms with E-state index >= 15 is 0 Å². The standard InChI is InChI=1S/C26H22N4O3S/c31-26(27-16-17-10-13-33-29-17)21-8-9-22(28-25(21)30-11-14-32-15-12-30)20-6-3-5-19-18-4-1-2-7-23(18)34-24(19)20/h1-10,13H,11-12,14-16H2,(H,27,31). The van der Waals surface area contributed by atoms with Gasteiger partial charge in [-0.05, 0) is 18.2 Å². The van der Waals surface area contributed by atoms with E-state index in [4.69, 9.17) is 14.2 Å². The molecule has 7 nitrogen and oxygen atoms in total. The number of thiophene rings is 1. The molecule has 1 fully saturated rings. The molecule has 0 bridgehead atoms. The maximum absolute atomic E-state index is 13.1.